The van der Waals surface area contributed by atoms with Crippen molar-refractivity contribution in [1.82, 2.24) is 0 Å². The zero-order valence-electron chi connectivity index (χ0n) is 21.2. The van der Waals surface area contributed by atoms with Gasteiger partial charge in [-0.1, -0.05) is 48.5 Å². The van der Waals surface area contributed by atoms with Gasteiger partial charge in [0.05, 0.1) is 0 Å². The van der Waals surface area contributed by atoms with E-state index in [2.05, 4.69) is 0 Å². The fraction of sp³-hybridized carbons (Fsp3) is 0.250. The molecule has 0 aliphatic heterocycles. The second kappa shape index (κ2) is 8.94. The zero-order chi connectivity index (χ0) is 25.7. The number of phenolic OH excluding ortho intramolecular Hbond substituents is 4. The fourth-order valence-electron chi connectivity index (χ4n) is 5.37. The number of aryl methyl sites for hydroxylation is 4. The van der Waals surface area contributed by atoms with Crippen molar-refractivity contribution in [3.8, 4) is 23.0 Å². The maximum absolute atomic E-state index is 11.3. The first-order valence-electron chi connectivity index (χ1n) is 12.4. The van der Waals surface area contributed by atoms with Gasteiger partial charge in [-0.25, -0.2) is 0 Å². The van der Waals surface area contributed by atoms with Gasteiger partial charge in [0.15, 0.2) is 0 Å². The Morgan fingerprint density at radius 2 is 0.556 bits per heavy atom. The van der Waals surface area contributed by atoms with E-state index in [9.17, 15) is 20.4 Å². The van der Waals surface area contributed by atoms with Crippen molar-refractivity contribution in [3.63, 3.8) is 0 Å². The first-order chi connectivity index (χ1) is 17.2. The van der Waals surface area contributed by atoms with E-state index in [1.807, 2.05) is 76.2 Å². The van der Waals surface area contributed by atoms with E-state index in [-0.39, 0.29) is 23.0 Å². The zero-order valence-corrected chi connectivity index (χ0v) is 21.2. The van der Waals surface area contributed by atoms with Gasteiger partial charge in [-0.15, -0.1) is 0 Å². The summed E-state index contributed by atoms with van der Waals surface area (Å²) in [6.07, 6.45) is 1.50. The minimum atomic E-state index is 0.200. The lowest BCUT2D eigenvalue weighted by Crippen LogP contribution is -2.04. The molecule has 0 spiro atoms. The number of phenols is 4. The topological polar surface area (TPSA) is 80.9 Å². The molecule has 0 fully saturated rings. The molecule has 0 atom stereocenters. The normalized spacial score (nSPS) is 13.0. The molecule has 4 nitrogen and oxygen atoms in total. The molecule has 4 N–H and O–H groups in total. The van der Waals surface area contributed by atoms with Gasteiger partial charge in [0.2, 0.25) is 0 Å². The van der Waals surface area contributed by atoms with E-state index < -0.39 is 0 Å². The average molecular weight is 481 g/mol. The Morgan fingerprint density at radius 1 is 0.361 bits per heavy atom. The predicted octanol–water partition coefficient (Wildman–Crippen LogP) is 6.42. The lowest BCUT2D eigenvalue weighted by molar-refractivity contribution is 0.449. The van der Waals surface area contributed by atoms with E-state index >= 15 is 0 Å². The molecule has 8 bridgehead atoms. The summed E-state index contributed by atoms with van der Waals surface area (Å²) < 4.78 is 0. The summed E-state index contributed by atoms with van der Waals surface area (Å²) >= 11 is 0. The van der Waals surface area contributed by atoms with Crippen LogP contribution in [-0.2, 0) is 25.7 Å². The average Bonchev–Trinajstić information content (AvgIpc) is 2.84. The number of fused-ring (bicyclic) bond motifs is 8. The molecule has 0 unspecified atom stereocenters. The Bertz CT molecular complexity index is 1280. The Labute approximate surface area is 212 Å². The number of aromatic hydroxyl groups is 4. The smallest absolute Gasteiger partial charge is 0.122 e. The van der Waals surface area contributed by atoms with Crippen molar-refractivity contribution in [2.24, 2.45) is 0 Å². The third kappa shape index (κ3) is 3.97. The number of hydrogen-bond donors (Lipinski definition) is 4. The number of benzene rings is 4. The Balaban J connectivity index is 1.79. The van der Waals surface area contributed by atoms with E-state index in [1.54, 1.807) is 0 Å². The van der Waals surface area contributed by atoms with Crippen molar-refractivity contribution in [1.29, 1.82) is 0 Å². The van der Waals surface area contributed by atoms with Crippen LogP contribution < -0.4 is 0 Å². The molecule has 4 heteroatoms. The molecule has 1 aliphatic rings. The Hall–Kier alpha value is -3.92. The molecule has 5 rings (SSSR count). The van der Waals surface area contributed by atoms with Crippen LogP contribution in [0.15, 0.2) is 48.5 Å². The van der Waals surface area contributed by atoms with Crippen molar-refractivity contribution in [3.05, 3.63) is 115 Å². The number of hydrogen-bond acceptors (Lipinski definition) is 4. The van der Waals surface area contributed by atoms with Crippen LogP contribution in [0.3, 0.4) is 0 Å². The molecular weight excluding hydrogens is 448 g/mol. The standard InChI is InChI=1S/C32H32O4/c1-17-5-9-21-14-26-19(3)7-11-24(31(26)35)16-28-20(4)8-12-23(32(28)36)15-27-18(2)6-10-22(30(27)34)13-25(17)29(21)33/h5-12,33-36H,13-16H2,1-4H3. The minimum Gasteiger partial charge on any atom is -0.507 e. The van der Waals surface area contributed by atoms with Crippen LogP contribution in [0.4, 0.5) is 0 Å². The van der Waals surface area contributed by atoms with E-state index in [0.717, 1.165) is 66.8 Å². The van der Waals surface area contributed by atoms with Crippen molar-refractivity contribution in [2.45, 2.75) is 53.4 Å². The molecule has 0 amide bonds. The molecule has 0 aromatic heterocycles. The molecule has 1 aliphatic carbocycles. The lowest BCUT2D eigenvalue weighted by atomic mass is 9.87. The maximum Gasteiger partial charge on any atom is 0.122 e. The summed E-state index contributed by atoms with van der Waals surface area (Å²) in [5, 5.41) is 45.2. The third-order valence-corrected chi connectivity index (χ3v) is 7.87. The summed E-state index contributed by atoms with van der Waals surface area (Å²) in [5.74, 6) is 0.802. The molecule has 4 aromatic rings. The van der Waals surface area contributed by atoms with Gasteiger partial charge in [-0.2, -0.15) is 0 Å². The quantitative estimate of drug-likeness (QED) is 0.206. The predicted molar refractivity (Wildman–Crippen MR) is 143 cm³/mol. The Morgan fingerprint density at radius 3 is 0.750 bits per heavy atom. The van der Waals surface area contributed by atoms with Crippen LogP contribution in [0.5, 0.6) is 23.0 Å². The lowest BCUT2D eigenvalue weighted by Gasteiger charge is -2.20. The van der Waals surface area contributed by atoms with Gasteiger partial charge in [0, 0.05) is 47.9 Å². The molecular formula is C32H32O4. The molecule has 0 saturated heterocycles. The minimum absolute atomic E-state index is 0.200. The van der Waals surface area contributed by atoms with Crippen LogP contribution in [0, 0.1) is 27.7 Å². The summed E-state index contributed by atoms with van der Waals surface area (Å²) in [6, 6.07) is 15.6. The number of rotatable bonds is 0. The third-order valence-electron chi connectivity index (χ3n) is 7.87. The highest BCUT2D eigenvalue weighted by Crippen LogP contribution is 2.40. The monoisotopic (exact) mass is 480 g/mol. The van der Waals surface area contributed by atoms with Gasteiger partial charge in [0.1, 0.15) is 23.0 Å². The Kier molecular flexibility index (Phi) is 5.91. The molecule has 0 radical (unpaired) electrons. The van der Waals surface area contributed by atoms with Gasteiger partial charge in [-0.3, -0.25) is 0 Å². The molecule has 4 aromatic carbocycles. The summed E-state index contributed by atoms with van der Waals surface area (Å²) in [6.45, 7) is 7.83. The van der Waals surface area contributed by atoms with E-state index in [4.69, 9.17) is 0 Å². The summed E-state index contributed by atoms with van der Waals surface area (Å²) in [4.78, 5) is 0. The molecule has 0 heterocycles. The SMILES string of the molecule is Cc1ccc2c(O)c1Cc1ccc(C)c(c1O)Cc1ccc(C)c(c1O)Cc1ccc(C)c(c1O)C2. The largest absolute Gasteiger partial charge is 0.507 e. The van der Waals surface area contributed by atoms with Crippen LogP contribution in [0.25, 0.3) is 0 Å². The fourth-order valence-corrected chi connectivity index (χ4v) is 5.37. The highest BCUT2D eigenvalue weighted by Gasteiger charge is 2.21. The van der Waals surface area contributed by atoms with E-state index in [1.165, 1.54) is 0 Å². The first kappa shape index (κ1) is 23.8. The van der Waals surface area contributed by atoms with Crippen molar-refractivity contribution >= 4 is 0 Å². The van der Waals surface area contributed by atoms with Gasteiger partial charge >= 0.3 is 0 Å². The van der Waals surface area contributed by atoms with Gasteiger partial charge in [-0.05, 0) is 72.2 Å². The van der Waals surface area contributed by atoms with Crippen LogP contribution >= 0.6 is 0 Å². The first-order valence-corrected chi connectivity index (χ1v) is 12.4. The highest BCUT2D eigenvalue weighted by molar-refractivity contribution is 5.58. The molecule has 36 heavy (non-hydrogen) atoms. The summed E-state index contributed by atoms with van der Waals surface area (Å²) in [7, 11) is 0. The van der Waals surface area contributed by atoms with Crippen molar-refractivity contribution in [2.75, 3.05) is 0 Å². The van der Waals surface area contributed by atoms with Crippen molar-refractivity contribution < 1.29 is 20.4 Å². The summed E-state index contributed by atoms with van der Waals surface area (Å²) in [5.41, 5.74) is 9.72. The van der Waals surface area contributed by atoms with Gasteiger partial charge < -0.3 is 20.4 Å². The second-order valence-corrected chi connectivity index (χ2v) is 10.2. The van der Waals surface area contributed by atoms with Crippen LogP contribution in [-0.4, -0.2) is 20.4 Å². The molecule has 0 saturated carbocycles. The maximum atomic E-state index is 11.3. The van der Waals surface area contributed by atoms with Crippen LogP contribution in [0.2, 0.25) is 0 Å². The van der Waals surface area contributed by atoms with Crippen LogP contribution in [0.1, 0.15) is 66.8 Å². The second-order valence-electron chi connectivity index (χ2n) is 10.2. The van der Waals surface area contributed by atoms with E-state index in [0.29, 0.717) is 25.7 Å². The molecule has 184 valence electrons. The highest BCUT2D eigenvalue weighted by atomic mass is 16.3. The van der Waals surface area contributed by atoms with Gasteiger partial charge in [0.25, 0.3) is 0 Å².